The summed E-state index contributed by atoms with van der Waals surface area (Å²) in [5, 5.41) is 13.2. The Morgan fingerprint density at radius 1 is 1.50 bits per heavy atom. The van der Waals surface area contributed by atoms with Crippen LogP contribution in [0, 0.1) is 12.8 Å². The van der Waals surface area contributed by atoms with Gasteiger partial charge in [0.15, 0.2) is 0 Å². The predicted molar refractivity (Wildman–Crippen MR) is 52.1 cm³/mol. The van der Waals surface area contributed by atoms with Crippen molar-refractivity contribution in [2.24, 2.45) is 5.92 Å². The summed E-state index contributed by atoms with van der Waals surface area (Å²) >= 11 is 0. The molecule has 2 rings (SSSR count). The highest BCUT2D eigenvalue weighted by Gasteiger charge is 2.26. The van der Waals surface area contributed by atoms with Crippen LogP contribution in [0.5, 0.6) is 0 Å². The number of aliphatic hydroxyl groups is 1. The minimum absolute atomic E-state index is 0.208. The first-order valence-electron chi connectivity index (χ1n) is 4.86. The van der Waals surface area contributed by atoms with Gasteiger partial charge in [-0.1, -0.05) is 0 Å². The van der Waals surface area contributed by atoms with E-state index in [4.69, 9.17) is 0 Å². The lowest BCUT2D eigenvalue weighted by atomic mass is 9.98. The molecule has 5 nitrogen and oxygen atoms in total. The Labute approximate surface area is 81.5 Å². The summed E-state index contributed by atoms with van der Waals surface area (Å²) in [4.78, 5) is 16.2. The van der Waals surface area contributed by atoms with Crippen LogP contribution in [0.25, 0.3) is 0 Å². The van der Waals surface area contributed by atoms with Gasteiger partial charge in [0, 0.05) is 18.2 Å². The number of imidazole rings is 1. The molecule has 2 heterocycles. The largest absolute Gasteiger partial charge is 0.386 e. The van der Waals surface area contributed by atoms with E-state index in [2.05, 4.69) is 15.3 Å². The molecule has 0 amide bonds. The quantitative estimate of drug-likeness (QED) is 0.523. The first-order valence-corrected chi connectivity index (χ1v) is 4.86. The van der Waals surface area contributed by atoms with E-state index >= 15 is 0 Å². The van der Waals surface area contributed by atoms with Crippen molar-refractivity contribution in [3.63, 3.8) is 0 Å². The molecular weight excluding hydrogens is 182 g/mol. The van der Waals surface area contributed by atoms with Crippen LogP contribution in [-0.4, -0.2) is 28.2 Å². The molecule has 2 atom stereocenters. The summed E-state index contributed by atoms with van der Waals surface area (Å²) in [5.41, 5.74) is 1.11. The fraction of sp³-hybridized carbons (Fsp3) is 0.667. The Morgan fingerprint density at radius 2 is 2.29 bits per heavy atom. The number of hydrogen-bond donors (Lipinski definition) is 4. The van der Waals surface area contributed by atoms with Crippen molar-refractivity contribution in [2.45, 2.75) is 19.4 Å². The molecule has 1 aliphatic heterocycles. The van der Waals surface area contributed by atoms with Crippen LogP contribution >= 0.6 is 0 Å². The summed E-state index contributed by atoms with van der Waals surface area (Å²) in [6.07, 6.45) is 0.386. The Balaban J connectivity index is 2.21. The summed E-state index contributed by atoms with van der Waals surface area (Å²) in [6.45, 7) is 3.54. The molecule has 2 unspecified atom stereocenters. The molecule has 0 aromatic carbocycles. The Kier molecular flexibility index (Phi) is 2.43. The number of aryl methyl sites for hydroxylation is 1. The summed E-state index contributed by atoms with van der Waals surface area (Å²) in [6, 6.07) is 0. The monoisotopic (exact) mass is 197 g/mol. The maximum atomic E-state index is 11.0. The zero-order valence-electron chi connectivity index (χ0n) is 8.13. The second-order valence-electron chi connectivity index (χ2n) is 3.82. The average Bonchev–Trinajstić information content (AvgIpc) is 2.73. The van der Waals surface area contributed by atoms with Crippen molar-refractivity contribution in [2.75, 3.05) is 13.1 Å². The van der Waals surface area contributed by atoms with E-state index in [1.807, 2.05) is 0 Å². The van der Waals surface area contributed by atoms with Gasteiger partial charge in [-0.05, 0) is 19.9 Å². The van der Waals surface area contributed by atoms with Gasteiger partial charge >= 0.3 is 5.69 Å². The van der Waals surface area contributed by atoms with Gasteiger partial charge in [-0.25, -0.2) is 4.79 Å². The van der Waals surface area contributed by atoms with E-state index in [0.717, 1.165) is 25.2 Å². The van der Waals surface area contributed by atoms with Crippen molar-refractivity contribution >= 4 is 0 Å². The maximum absolute atomic E-state index is 11.0. The normalized spacial score (nSPS) is 24.0. The standard InChI is InChI=1S/C9H15N3O2/c1-5-7(12-9(14)11-5)8(13)6-2-3-10-4-6/h6,8,10,13H,2-4H2,1H3,(H2,11,12,14). The molecule has 4 N–H and O–H groups in total. The number of hydrogen-bond acceptors (Lipinski definition) is 3. The van der Waals surface area contributed by atoms with Crippen LogP contribution in [0.15, 0.2) is 4.79 Å². The number of aromatic nitrogens is 2. The average molecular weight is 197 g/mol. The first-order chi connectivity index (χ1) is 6.68. The van der Waals surface area contributed by atoms with Gasteiger partial charge in [0.2, 0.25) is 0 Å². The minimum Gasteiger partial charge on any atom is -0.386 e. The van der Waals surface area contributed by atoms with Gasteiger partial charge in [-0.2, -0.15) is 0 Å². The molecule has 78 valence electrons. The zero-order chi connectivity index (χ0) is 10.1. The lowest BCUT2D eigenvalue weighted by molar-refractivity contribution is 0.113. The number of nitrogens with one attached hydrogen (secondary N) is 3. The fourth-order valence-corrected chi connectivity index (χ4v) is 1.96. The van der Waals surface area contributed by atoms with E-state index in [9.17, 15) is 9.90 Å². The Bertz CT molecular complexity index is 362. The molecule has 1 aromatic heterocycles. The molecule has 1 aromatic rings. The highest BCUT2D eigenvalue weighted by Crippen LogP contribution is 2.25. The third-order valence-electron chi connectivity index (χ3n) is 2.79. The van der Waals surface area contributed by atoms with Crippen molar-refractivity contribution in [1.82, 2.24) is 15.3 Å². The SMILES string of the molecule is Cc1[nH]c(=O)[nH]c1C(O)C1CCNC1. The van der Waals surface area contributed by atoms with Gasteiger partial charge < -0.3 is 20.4 Å². The molecule has 0 spiro atoms. The molecule has 0 saturated carbocycles. The third-order valence-corrected chi connectivity index (χ3v) is 2.79. The van der Waals surface area contributed by atoms with Crippen LogP contribution in [0.3, 0.4) is 0 Å². The first kappa shape index (κ1) is 9.48. The lowest BCUT2D eigenvalue weighted by Gasteiger charge is -2.15. The van der Waals surface area contributed by atoms with E-state index in [1.54, 1.807) is 6.92 Å². The topological polar surface area (TPSA) is 80.9 Å². The van der Waals surface area contributed by atoms with E-state index < -0.39 is 6.10 Å². The van der Waals surface area contributed by atoms with Gasteiger partial charge in [-0.3, -0.25) is 0 Å². The van der Waals surface area contributed by atoms with Crippen LogP contribution in [0.2, 0.25) is 0 Å². The van der Waals surface area contributed by atoms with Gasteiger partial charge in [0.25, 0.3) is 0 Å². The molecule has 5 heteroatoms. The van der Waals surface area contributed by atoms with Crippen molar-refractivity contribution < 1.29 is 5.11 Å². The lowest BCUT2D eigenvalue weighted by Crippen LogP contribution is -2.17. The molecule has 0 bridgehead atoms. The van der Waals surface area contributed by atoms with Crippen LogP contribution in [0.4, 0.5) is 0 Å². The van der Waals surface area contributed by atoms with Crippen LogP contribution in [0.1, 0.15) is 23.9 Å². The number of H-pyrrole nitrogens is 2. The molecule has 1 saturated heterocycles. The van der Waals surface area contributed by atoms with Crippen LogP contribution < -0.4 is 11.0 Å². The van der Waals surface area contributed by atoms with Crippen molar-refractivity contribution in [3.05, 3.63) is 21.9 Å². The van der Waals surface area contributed by atoms with Crippen molar-refractivity contribution in [1.29, 1.82) is 0 Å². The summed E-state index contributed by atoms with van der Waals surface area (Å²) in [7, 11) is 0. The molecule has 0 aliphatic carbocycles. The third kappa shape index (κ3) is 1.60. The summed E-state index contributed by atoms with van der Waals surface area (Å²) in [5.74, 6) is 0.208. The Morgan fingerprint density at radius 3 is 2.79 bits per heavy atom. The molecular formula is C9H15N3O2. The Hall–Kier alpha value is -1.07. The molecule has 0 radical (unpaired) electrons. The minimum atomic E-state index is -0.566. The van der Waals surface area contributed by atoms with E-state index in [1.165, 1.54) is 0 Å². The van der Waals surface area contributed by atoms with Crippen molar-refractivity contribution in [3.8, 4) is 0 Å². The van der Waals surface area contributed by atoms with Crippen LogP contribution in [-0.2, 0) is 0 Å². The molecule has 1 fully saturated rings. The number of aromatic amines is 2. The van der Waals surface area contributed by atoms with E-state index in [0.29, 0.717) is 5.69 Å². The van der Waals surface area contributed by atoms with Gasteiger partial charge in [0.1, 0.15) is 0 Å². The smallest absolute Gasteiger partial charge is 0.323 e. The molecule has 1 aliphatic rings. The van der Waals surface area contributed by atoms with E-state index in [-0.39, 0.29) is 11.6 Å². The second kappa shape index (κ2) is 3.59. The fourth-order valence-electron chi connectivity index (χ4n) is 1.96. The second-order valence-corrected chi connectivity index (χ2v) is 3.82. The number of rotatable bonds is 2. The summed E-state index contributed by atoms with van der Waals surface area (Å²) < 4.78 is 0. The highest BCUT2D eigenvalue weighted by atomic mass is 16.3. The maximum Gasteiger partial charge on any atom is 0.323 e. The van der Waals surface area contributed by atoms with Gasteiger partial charge in [0.05, 0.1) is 11.8 Å². The predicted octanol–water partition coefficient (Wildman–Crippen LogP) is -0.346. The zero-order valence-corrected chi connectivity index (χ0v) is 8.13. The number of aliphatic hydroxyl groups excluding tert-OH is 1. The van der Waals surface area contributed by atoms with Gasteiger partial charge in [-0.15, -0.1) is 0 Å². The molecule has 14 heavy (non-hydrogen) atoms. The highest BCUT2D eigenvalue weighted by molar-refractivity contribution is 5.13.